The molecule has 1 saturated carbocycles. The van der Waals surface area contributed by atoms with Crippen molar-refractivity contribution in [2.24, 2.45) is 17.3 Å². The molecule has 16 heavy (non-hydrogen) atoms. The van der Waals surface area contributed by atoms with E-state index in [1.165, 1.54) is 12.8 Å². The highest BCUT2D eigenvalue weighted by Crippen LogP contribution is 2.37. The lowest BCUT2D eigenvalue weighted by Gasteiger charge is -2.39. The number of hydrogen-bond donors (Lipinski definition) is 2. The van der Waals surface area contributed by atoms with Crippen LogP contribution in [0, 0.1) is 17.3 Å². The third kappa shape index (κ3) is 2.57. The normalized spacial score (nSPS) is 30.8. The third-order valence-corrected chi connectivity index (χ3v) is 4.19. The minimum Gasteiger partial charge on any atom is -0.352 e. The predicted molar refractivity (Wildman–Crippen MR) is 65.1 cm³/mol. The van der Waals surface area contributed by atoms with E-state index in [4.69, 9.17) is 0 Å². The Labute approximate surface area is 98.4 Å². The fraction of sp³-hybridized carbons (Fsp3) is 0.923. The van der Waals surface area contributed by atoms with Crippen molar-refractivity contribution in [1.82, 2.24) is 10.6 Å². The van der Waals surface area contributed by atoms with Crippen LogP contribution < -0.4 is 10.6 Å². The van der Waals surface area contributed by atoms with Crippen LogP contribution in [0.15, 0.2) is 0 Å². The van der Waals surface area contributed by atoms with E-state index in [1.807, 2.05) is 0 Å². The summed E-state index contributed by atoms with van der Waals surface area (Å²) < 4.78 is 0. The van der Waals surface area contributed by atoms with E-state index < -0.39 is 0 Å². The maximum atomic E-state index is 12.0. The van der Waals surface area contributed by atoms with Crippen LogP contribution in [0.25, 0.3) is 0 Å². The maximum absolute atomic E-state index is 12.0. The number of amides is 1. The number of carbonyl (C=O) groups is 1. The molecule has 3 heteroatoms. The van der Waals surface area contributed by atoms with Crippen molar-refractivity contribution < 1.29 is 4.79 Å². The SMILES string of the molecule is CC(C(=O)NC1CCNCC1(C)C)C1CC1. The fourth-order valence-corrected chi connectivity index (χ4v) is 2.55. The van der Waals surface area contributed by atoms with Gasteiger partial charge in [0.1, 0.15) is 0 Å². The van der Waals surface area contributed by atoms with E-state index in [9.17, 15) is 4.79 Å². The zero-order valence-corrected chi connectivity index (χ0v) is 10.7. The van der Waals surface area contributed by atoms with Crippen LogP contribution in [0.3, 0.4) is 0 Å². The van der Waals surface area contributed by atoms with Gasteiger partial charge in [0.25, 0.3) is 0 Å². The van der Waals surface area contributed by atoms with Crippen LogP contribution in [0.5, 0.6) is 0 Å². The van der Waals surface area contributed by atoms with Crippen molar-refractivity contribution in [3.8, 4) is 0 Å². The maximum Gasteiger partial charge on any atom is 0.223 e. The Bertz CT molecular complexity index is 271. The highest BCUT2D eigenvalue weighted by molar-refractivity contribution is 5.79. The van der Waals surface area contributed by atoms with E-state index in [0.29, 0.717) is 12.0 Å². The van der Waals surface area contributed by atoms with E-state index in [1.54, 1.807) is 0 Å². The summed E-state index contributed by atoms with van der Waals surface area (Å²) in [5, 5.41) is 6.64. The van der Waals surface area contributed by atoms with E-state index in [-0.39, 0.29) is 17.2 Å². The molecule has 1 heterocycles. The molecule has 3 nitrogen and oxygen atoms in total. The van der Waals surface area contributed by atoms with Crippen LogP contribution in [-0.2, 0) is 4.79 Å². The molecule has 0 radical (unpaired) electrons. The molecule has 2 atom stereocenters. The van der Waals surface area contributed by atoms with Gasteiger partial charge in [-0.1, -0.05) is 20.8 Å². The van der Waals surface area contributed by atoms with Gasteiger partial charge in [-0.3, -0.25) is 4.79 Å². The molecule has 0 aromatic heterocycles. The second kappa shape index (κ2) is 4.36. The summed E-state index contributed by atoms with van der Waals surface area (Å²) in [6.45, 7) is 8.54. The predicted octanol–water partition coefficient (Wildman–Crippen LogP) is 1.54. The molecular formula is C13H24N2O. The van der Waals surface area contributed by atoms with Gasteiger partial charge in [-0.2, -0.15) is 0 Å². The van der Waals surface area contributed by atoms with Gasteiger partial charge in [0.05, 0.1) is 0 Å². The highest BCUT2D eigenvalue weighted by atomic mass is 16.2. The van der Waals surface area contributed by atoms with Crippen LogP contribution in [-0.4, -0.2) is 25.0 Å². The van der Waals surface area contributed by atoms with E-state index in [2.05, 4.69) is 31.4 Å². The first-order valence-corrected chi connectivity index (χ1v) is 6.52. The van der Waals surface area contributed by atoms with Crippen molar-refractivity contribution in [3.63, 3.8) is 0 Å². The molecular weight excluding hydrogens is 200 g/mol. The van der Waals surface area contributed by atoms with Crippen LogP contribution in [0.4, 0.5) is 0 Å². The Morgan fingerprint density at radius 3 is 2.62 bits per heavy atom. The summed E-state index contributed by atoms with van der Waals surface area (Å²) in [5.74, 6) is 1.14. The molecule has 1 aliphatic heterocycles. The Hall–Kier alpha value is -0.570. The Kier molecular flexibility index (Phi) is 3.24. The molecule has 1 saturated heterocycles. The summed E-state index contributed by atoms with van der Waals surface area (Å²) in [7, 11) is 0. The highest BCUT2D eigenvalue weighted by Gasteiger charge is 2.37. The molecule has 0 aromatic rings. The first-order valence-electron chi connectivity index (χ1n) is 6.52. The topological polar surface area (TPSA) is 41.1 Å². The van der Waals surface area contributed by atoms with Crippen molar-refractivity contribution in [2.45, 2.75) is 46.1 Å². The summed E-state index contributed by atoms with van der Waals surface area (Å²) in [4.78, 5) is 12.0. The number of nitrogens with one attached hydrogen (secondary N) is 2. The molecule has 0 spiro atoms. The van der Waals surface area contributed by atoms with Crippen molar-refractivity contribution in [2.75, 3.05) is 13.1 Å². The quantitative estimate of drug-likeness (QED) is 0.763. The molecule has 0 aromatic carbocycles. The molecule has 2 unspecified atom stereocenters. The van der Waals surface area contributed by atoms with Gasteiger partial charge in [-0.15, -0.1) is 0 Å². The molecule has 2 fully saturated rings. The minimum absolute atomic E-state index is 0.178. The molecule has 1 aliphatic carbocycles. The summed E-state index contributed by atoms with van der Waals surface area (Å²) in [6.07, 6.45) is 3.53. The first-order chi connectivity index (χ1) is 7.50. The lowest BCUT2D eigenvalue weighted by Crippen LogP contribution is -2.55. The average Bonchev–Trinajstić information content (AvgIpc) is 3.03. The molecule has 92 valence electrons. The monoisotopic (exact) mass is 224 g/mol. The molecule has 2 aliphatic rings. The minimum atomic E-state index is 0.178. The number of carbonyl (C=O) groups excluding carboxylic acids is 1. The van der Waals surface area contributed by atoms with Crippen LogP contribution >= 0.6 is 0 Å². The van der Waals surface area contributed by atoms with E-state index >= 15 is 0 Å². The van der Waals surface area contributed by atoms with Gasteiger partial charge in [0, 0.05) is 18.5 Å². The average molecular weight is 224 g/mol. The molecule has 2 rings (SSSR count). The zero-order chi connectivity index (χ0) is 11.8. The second-order valence-electron chi connectivity index (χ2n) is 6.14. The Balaban J connectivity index is 1.89. The first kappa shape index (κ1) is 11.9. The Morgan fingerprint density at radius 1 is 1.38 bits per heavy atom. The molecule has 2 N–H and O–H groups in total. The molecule has 1 amide bonds. The smallest absolute Gasteiger partial charge is 0.223 e. The van der Waals surface area contributed by atoms with Crippen LogP contribution in [0.1, 0.15) is 40.0 Å². The van der Waals surface area contributed by atoms with Crippen molar-refractivity contribution >= 4 is 5.91 Å². The summed E-state index contributed by atoms with van der Waals surface area (Å²) in [5.41, 5.74) is 0.178. The lowest BCUT2D eigenvalue weighted by molar-refractivity contribution is -0.126. The largest absolute Gasteiger partial charge is 0.352 e. The van der Waals surface area contributed by atoms with Gasteiger partial charge in [-0.05, 0) is 37.1 Å². The molecule has 0 bridgehead atoms. The number of hydrogen-bond acceptors (Lipinski definition) is 2. The lowest BCUT2D eigenvalue weighted by atomic mass is 9.79. The van der Waals surface area contributed by atoms with E-state index in [0.717, 1.165) is 19.5 Å². The zero-order valence-electron chi connectivity index (χ0n) is 10.7. The van der Waals surface area contributed by atoms with Gasteiger partial charge >= 0.3 is 0 Å². The van der Waals surface area contributed by atoms with Gasteiger partial charge in [0.15, 0.2) is 0 Å². The van der Waals surface area contributed by atoms with Crippen molar-refractivity contribution in [1.29, 1.82) is 0 Å². The fourth-order valence-electron chi connectivity index (χ4n) is 2.55. The van der Waals surface area contributed by atoms with Gasteiger partial charge in [0.2, 0.25) is 5.91 Å². The standard InChI is InChI=1S/C13H24N2O/c1-9(10-4-5-10)12(16)15-11-6-7-14-8-13(11,2)3/h9-11,14H,4-8H2,1-3H3,(H,15,16). The van der Waals surface area contributed by atoms with Gasteiger partial charge < -0.3 is 10.6 Å². The second-order valence-corrected chi connectivity index (χ2v) is 6.14. The summed E-state index contributed by atoms with van der Waals surface area (Å²) >= 11 is 0. The summed E-state index contributed by atoms with van der Waals surface area (Å²) in [6, 6.07) is 0.336. The van der Waals surface area contributed by atoms with Crippen molar-refractivity contribution in [3.05, 3.63) is 0 Å². The third-order valence-electron chi connectivity index (χ3n) is 4.19. The van der Waals surface area contributed by atoms with Crippen LogP contribution in [0.2, 0.25) is 0 Å². The number of rotatable bonds is 3. The number of piperidine rings is 1. The van der Waals surface area contributed by atoms with Gasteiger partial charge in [-0.25, -0.2) is 0 Å². The Morgan fingerprint density at radius 2 is 2.06 bits per heavy atom.